The van der Waals surface area contributed by atoms with E-state index in [4.69, 9.17) is 4.74 Å². The third-order valence-electron chi connectivity index (χ3n) is 3.83. The van der Waals surface area contributed by atoms with E-state index in [1.165, 1.54) is 7.11 Å². The largest absolute Gasteiger partial charge is 0.466 e. The second kappa shape index (κ2) is 7.65. The van der Waals surface area contributed by atoms with Crippen LogP contribution in [0.5, 0.6) is 0 Å². The van der Waals surface area contributed by atoms with E-state index < -0.39 is 18.5 Å². The number of methoxy groups -OCH3 is 1. The standard InChI is InChI=1S/C20H18N2O4/c1-14-8-10-15(11-9-14)19-17(20(24)26-13-18(23)25-2)12-22(21-19)16-6-4-3-5-7-16/h3-12H,13H2,1-2H3. The van der Waals surface area contributed by atoms with Crippen molar-refractivity contribution in [2.45, 2.75) is 6.92 Å². The highest BCUT2D eigenvalue weighted by molar-refractivity contribution is 5.97. The molecule has 3 rings (SSSR count). The van der Waals surface area contributed by atoms with Crippen molar-refractivity contribution in [2.75, 3.05) is 13.7 Å². The normalized spacial score (nSPS) is 10.4. The van der Waals surface area contributed by atoms with Crippen molar-refractivity contribution in [3.63, 3.8) is 0 Å². The molecule has 0 unspecified atom stereocenters. The molecule has 0 aliphatic carbocycles. The SMILES string of the molecule is COC(=O)COC(=O)c1cn(-c2ccccc2)nc1-c1ccc(C)cc1. The molecule has 0 aliphatic heterocycles. The van der Waals surface area contributed by atoms with E-state index in [-0.39, 0.29) is 5.56 Å². The second-order valence-electron chi connectivity index (χ2n) is 5.69. The summed E-state index contributed by atoms with van der Waals surface area (Å²) in [6.45, 7) is 1.54. The third-order valence-corrected chi connectivity index (χ3v) is 3.83. The lowest BCUT2D eigenvalue weighted by Crippen LogP contribution is -2.15. The predicted molar refractivity (Wildman–Crippen MR) is 96.0 cm³/mol. The van der Waals surface area contributed by atoms with Crippen LogP contribution in [0.3, 0.4) is 0 Å². The Bertz CT molecular complexity index is 915. The van der Waals surface area contributed by atoms with Crippen LogP contribution < -0.4 is 0 Å². The molecule has 6 heteroatoms. The van der Waals surface area contributed by atoms with Crippen LogP contribution in [0.1, 0.15) is 15.9 Å². The average molecular weight is 350 g/mol. The number of aromatic nitrogens is 2. The Morgan fingerprint density at radius 2 is 1.73 bits per heavy atom. The molecule has 0 fully saturated rings. The molecule has 0 bridgehead atoms. The Morgan fingerprint density at radius 3 is 2.38 bits per heavy atom. The van der Waals surface area contributed by atoms with Crippen LogP contribution in [0.2, 0.25) is 0 Å². The van der Waals surface area contributed by atoms with Gasteiger partial charge in [0.05, 0.1) is 12.8 Å². The molecule has 0 amide bonds. The molecule has 3 aromatic rings. The van der Waals surface area contributed by atoms with Crippen LogP contribution in [-0.2, 0) is 14.3 Å². The van der Waals surface area contributed by atoms with Gasteiger partial charge >= 0.3 is 11.9 Å². The second-order valence-corrected chi connectivity index (χ2v) is 5.69. The number of benzene rings is 2. The van der Waals surface area contributed by atoms with Gasteiger partial charge in [-0.05, 0) is 19.1 Å². The smallest absolute Gasteiger partial charge is 0.344 e. The lowest BCUT2D eigenvalue weighted by molar-refractivity contribution is -0.144. The maximum Gasteiger partial charge on any atom is 0.344 e. The molecule has 0 saturated carbocycles. The minimum atomic E-state index is -0.631. The lowest BCUT2D eigenvalue weighted by atomic mass is 10.1. The van der Waals surface area contributed by atoms with Crippen molar-refractivity contribution in [3.8, 4) is 16.9 Å². The van der Waals surface area contributed by atoms with Gasteiger partial charge in [0.2, 0.25) is 0 Å². The molecule has 0 spiro atoms. The molecule has 0 atom stereocenters. The summed E-state index contributed by atoms with van der Waals surface area (Å²) in [7, 11) is 1.24. The van der Waals surface area contributed by atoms with Crippen molar-refractivity contribution in [2.24, 2.45) is 0 Å². The highest BCUT2D eigenvalue weighted by atomic mass is 16.6. The summed E-state index contributed by atoms with van der Waals surface area (Å²) in [5.74, 6) is -1.25. The van der Waals surface area contributed by atoms with E-state index in [0.29, 0.717) is 5.69 Å². The maximum atomic E-state index is 12.5. The number of hydrogen-bond donors (Lipinski definition) is 0. The van der Waals surface area contributed by atoms with Gasteiger partial charge in [-0.15, -0.1) is 0 Å². The van der Waals surface area contributed by atoms with Gasteiger partial charge in [-0.1, -0.05) is 48.0 Å². The number of rotatable bonds is 5. The zero-order valence-corrected chi connectivity index (χ0v) is 14.5. The van der Waals surface area contributed by atoms with E-state index in [2.05, 4.69) is 9.84 Å². The van der Waals surface area contributed by atoms with Crippen LogP contribution in [0, 0.1) is 6.92 Å². The van der Waals surface area contributed by atoms with Gasteiger partial charge in [-0.2, -0.15) is 5.10 Å². The molecular weight excluding hydrogens is 332 g/mol. The van der Waals surface area contributed by atoms with Crippen molar-refractivity contribution in [3.05, 3.63) is 71.9 Å². The van der Waals surface area contributed by atoms with Crippen LogP contribution in [0.25, 0.3) is 16.9 Å². The molecule has 132 valence electrons. The number of carbonyl (C=O) groups is 2. The van der Waals surface area contributed by atoms with E-state index in [1.54, 1.807) is 10.9 Å². The number of para-hydroxylation sites is 1. The summed E-state index contributed by atoms with van der Waals surface area (Å²) >= 11 is 0. The van der Waals surface area contributed by atoms with E-state index in [1.807, 2.05) is 61.5 Å². The minimum absolute atomic E-state index is 0.279. The molecule has 6 nitrogen and oxygen atoms in total. The Hall–Kier alpha value is -3.41. The molecule has 2 aromatic carbocycles. The van der Waals surface area contributed by atoms with Gasteiger partial charge in [0, 0.05) is 11.8 Å². The van der Waals surface area contributed by atoms with Crippen molar-refractivity contribution in [1.29, 1.82) is 0 Å². The third kappa shape index (κ3) is 3.80. The first-order valence-electron chi connectivity index (χ1n) is 8.04. The summed E-state index contributed by atoms with van der Waals surface area (Å²) in [6.07, 6.45) is 1.60. The van der Waals surface area contributed by atoms with E-state index in [0.717, 1.165) is 16.8 Å². The fourth-order valence-electron chi connectivity index (χ4n) is 2.42. The molecular formula is C20H18N2O4. The number of esters is 2. The first kappa shape index (κ1) is 17.4. The fourth-order valence-corrected chi connectivity index (χ4v) is 2.42. The monoisotopic (exact) mass is 350 g/mol. The number of hydrogen-bond acceptors (Lipinski definition) is 5. The summed E-state index contributed by atoms with van der Waals surface area (Å²) in [5, 5.41) is 4.55. The average Bonchev–Trinajstić information content (AvgIpc) is 3.12. The van der Waals surface area contributed by atoms with E-state index in [9.17, 15) is 9.59 Å². The van der Waals surface area contributed by atoms with Crippen LogP contribution >= 0.6 is 0 Å². The molecule has 1 aromatic heterocycles. The summed E-state index contributed by atoms with van der Waals surface area (Å²) < 4.78 is 11.2. The zero-order chi connectivity index (χ0) is 18.5. The van der Waals surface area contributed by atoms with Crippen LogP contribution in [0.4, 0.5) is 0 Å². The van der Waals surface area contributed by atoms with Gasteiger partial charge in [0.1, 0.15) is 11.3 Å². The lowest BCUT2D eigenvalue weighted by Gasteiger charge is -2.04. The highest BCUT2D eigenvalue weighted by Crippen LogP contribution is 2.25. The van der Waals surface area contributed by atoms with Crippen molar-refractivity contribution in [1.82, 2.24) is 9.78 Å². The maximum absolute atomic E-state index is 12.5. The van der Waals surface area contributed by atoms with Gasteiger partial charge in [0.15, 0.2) is 6.61 Å². The van der Waals surface area contributed by atoms with Gasteiger partial charge < -0.3 is 9.47 Å². The summed E-state index contributed by atoms with van der Waals surface area (Å²) in [6, 6.07) is 17.1. The topological polar surface area (TPSA) is 70.4 Å². The number of carbonyl (C=O) groups excluding carboxylic acids is 2. The number of aryl methyl sites for hydroxylation is 1. The Kier molecular flexibility index (Phi) is 5.12. The zero-order valence-electron chi connectivity index (χ0n) is 14.5. The van der Waals surface area contributed by atoms with Gasteiger partial charge in [-0.25, -0.2) is 14.3 Å². The number of nitrogens with zero attached hydrogens (tertiary/aromatic N) is 2. The molecule has 0 radical (unpaired) electrons. The summed E-state index contributed by atoms with van der Waals surface area (Å²) in [4.78, 5) is 23.7. The molecule has 0 saturated heterocycles. The van der Waals surface area contributed by atoms with Crippen molar-refractivity contribution < 1.29 is 19.1 Å². The Balaban J connectivity index is 2.00. The first-order chi connectivity index (χ1) is 12.6. The van der Waals surface area contributed by atoms with Crippen LogP contribution in [-0.4, -0.2) is 35.4 Å². The van der Waals surface area contributed by atoms with E-state index >= 15 is 0 Å². The molecule has 0 N–H and O–H groups in total. The molecule has 1 heterocycles. The fraction of sp³-hybridized carbons (Fsp3) is 0.150. The van der Waals surface area contributed by atoms with Crippen molar-refractivity contribution >= 4 is 11.9 Å². The Labute approximate surface area is 151 Å². The minimum Gasteiger partial charge on any atom is -0.466 e. The van der Waals surface area contributed by atoms with Gasteiger partial charge in [-0.3, -0.25) is 0 Å². The predicted octanol–water partition coefficient (Wildman–Crippen LogP) is 3.18. The summed E-state index contributed by atoms with van der Waals surface area (Å²) in [5.41, 5.74) is 3.47. The van der Waals surface area contributed by atoms with Crippen LogP contribution in [0.15, 0.2) is 60.8 Å². The molecule has 0 aliphatic rings. The number of ether oxygens (including phenoxy) is 2. The molecule has 26 heavy (non-hydrogen) atoms. The Morgan fingerprint density at radius 1 is 1.04 bits per heavy atom. The first-order valence-corrected chi connectivity index (χ1v) is 8.04. The quantitative estimate of drug-likeness (QED) is 0.661. The van der Waals surface area contributed by atoms with Gasteiger partial charge in [0.25, 0.3) is 0 Å². The highest BCUT2D eigenvalue weighted by Gasteiger charge is 2.21.